The highest BCUT2D eigenvalue weighted by Crippen LogP contribution is 2.23. The van der Waals surface area contributed by atoms with Gasteiger partial charge < -0.3 is 4.57 Å². The Morgan fingerprint density at radius 3 is 2.48 bits per heavy atom. The Balaban J connectivity index is 2.09. The van der Waals surface area contributed by atoms with Gasteiger partial charge in [-0.15, -0.1) is 0 Å². The van der Waals surface area contributed by atoms with Crippen molar-refractivity contribution in [3.8, 4) is 0 Å². The summed E-state index contributed by atoms with van der Waals surface area (Å²) in [6, 6.07) is 10.0. The smallest absolute Gasteiger partial charge is 0.309 e. The van der Waals surface area contributed by atoms with Crippen molar-refractivity contribution >= 4 is 29.0 Å². The lowest BCUT2D eigenvalue weighted by atomic mass is 10.2. The average Bonchev–Trinajstić information content (AvgIpc) is 3.02. The van der Waals surface area contributed by atoms with Crippen LogP contribution in [-0.4, -0.2) is 24.4 Å². The molecule has 2 heterocycles. The van der Waals surface area contributed by atoms with Gasteiger partial charge in [-0.05, 0) is 11.5 Å². The molecule has 0 N–H and O–H groups in total. The van der Waals surface area contributed by atoms with Crippen LogP contribution in [0.2, 0.25) is 0 Å². The molecule has 0 atom stereocenters. The molecule has 1 aromatic carbocycles. The molecule has 0 unspecified atom stereocenters. The molecule has 3 rings (SSSR count). The largest absolute Gasteiger partial charge is 0.332 e. The summed E-state index contributed by atoms with van der Waals surface area (Å²) in [7, 11) is 3.15. The van der Waals surface area contributed by atoms with Gasteiger partial charge in [0.1, 0.15) is 0 Å². The van der Waals surface area contributed by atoms with E-state index in [0.717, 1.165) is 21.0 Å². The summed E-state index contributed by atoms with van der Waals surface area (Å²) < 4.78 is 4.48. The van der Waals surface area contributed by atoms with E-state index >= 15 is 0 Å². The summed E-state index contributed by atoms with van der Waals surface area (Å²) in [6.45, 7) is 4.80. The summed E-state index contributed by atoms with van der Waals surface area (Å²) in [5.41, 5.74) is 1.31. The number of hydrogen-bond donors (Lipinski definition) is 0. The molecular weight excluding hydrogens is 360 g/mol. The van der Waals surface area contributed by atoms with E-state index in [4.69, 9.17) is 0 Å². The van der Waals surface area contributed by atoms with Crippen molar-refractivity contribution in [1.29, 1.82) is 0 Å². The van der Waals surface area contributed by atoms with E-state index in [1.54, 1.807) is 18.8 Å². The molecule has 0 fully saturated rings. The number of aryl methyl sites for hydroxylation is 1. The summed E-state index contributed by atoms with van der Waals surface area (Å²) >= 11 is 1.61. The van der Waals surface area contributed by atoms with Crippen LogP contribution in [0.15, 0.2) is 51.2 Å². The number of allylic oxidation sites excluding steroid dienone is 1. The Morgan fingerprint density at radius 2 is 1.81 bits per heavy atom. The van der Waals surface area contributed by atoms with Crippen molar-refractivity contribution in [2.24, 2.45) is 20.0 Å². The molecule has 0 aliphatic rings. The average molecular weight is 385 g/mol. The van der Waals surface area contributed by atoms with Gasteiger partial charge in [-0.3, -0.25) is 13.9 Å². The Labute approximate surface area is 162 Å². The third kappa shape index (κ3) is 3.93. The van der Waals surface area contributed by atoms with Crippen LogP contribution in [0.4, 0.5) is 0 Å². The second-order valence-corrected chi connectivity index (χ2v) is 7.89. The normalized spacial score (nSPS) is 11.9. The Bertz CT molecular complexity index is 1090. The van der Waals surface area contributed by atoms with E-state index in [1.807, 2.05) is 47.1 Å². The second kappa shape index (κ2) is 8.00. The molecule has 0 aliphatic carbocycles. The van der Waals surface area contributed by atoms with Gasteiger partial charge in [-0.2, -0.15) is 0 Å². The first-order valence-electron chi connectivity index (χ1n) is 8.90. The van der Waals surface area contributed by atoms with E-state index < -0.39 is 0 Å². The highest BCUT2D eigenvalue weighted by Gasteiger charge is 2.18. The maximum Gasteiger partial charge on any atom is 0.332 e. The minimum Gasteiger partial charge on any atom is -0.309 e. The SMILES string of the molecule is CC(C)CSc1nc2c(c(=O)n(C)c(=O)n2C)n1CC=Cc1ccccc1. The van der Waals surface area contributed by atoms with Crippen molar-refractivity contribution in [2.45, 2.75) is 25.5 Å². The lowest BCUT2D eigenvalue weighted by Crippen LogP contribution is -2.37. The van der Waals surface area contributed by atoms with Crippen LogP contribution >= 0.6 is 11.8 Å². The number of nitrogens with zero attached hydrogens (tertiary/aromatic N) is 4. The van der Waals surface area contributed by atoms with Crippen molar-refractivity contribution < 1.29 is 0 Å². The fourth-order valence-corrected chi connectivity index (χ4v) is 3.76. The second-order valence-electron chi connectivity index (χ2n) is 6.90. The molecule has 2 aromatic heterocycles. The molecule has 3 aromatic rings. The van der Waals surface area contributed by atoms with Crippen LogP contribution in [0, 0.1) is 5.92 Å². The fourth-order valence-electron chi connectivity index (χ4n) is 2.81. The number of imidazole rings is 1. The van der Waals surface area contributed by atoms with E-state index in [2.05, 4.69) is 18.8 Å². The summed E-state index contributed by atoms with van der Waals surface area (Å²) in [4.78, 5) is 29.6. The van der Waals surface area contributed by atoms with Crippen LogP contribution in [-0.2, 0) is 20.6 Å². The standard InChI is InChI=1S/C20H24N4O2S/c1-14(2)13-27-19-21-17-16(18(25)23(4)20(26)22(17)3)24(19)12-8-11-15-9-6-5-7-10-15/h5-11,14H,12-13H2,1-4H3. The first kappa shape index (κ1) is 19.2. The molecule has 0 spiro atoms. The molecule has 6 nitrogen and oxygen atoms in total. The molecule has 0 amide bonds. The molecule has 0 aliphatic heterocycles. The van der Waals surface area contributed by atoms with Crippen molar-refractivity contribution in [3.05, 3.63) is 62.8 Å². The Kier molecular flexibility index (Phi) is 5.70. The number of thioether (sulfide) groups is 1. The number of fused-ring (bicyclic) bond motifs is 1. The summed E-state index contributed by atoms with van der Waals surface area (Å²) in [6.07, 6.45) is 4.04. The third-order valence-electron chi connectivity index (χ3n) is 4.26. The number of rotatable bonds is 6. The molecule has 0 radical (unpaired) electrons. The zero-order valence-corrected chi connectivity index (χ0v) is 16.9. The molecule has 142 valence electrons. The highest BCUT2D eigenvalue weighted by molar-refractivity contribution is 7.99. The van der Waals surface area contributed by atoms with Crippen molar-refractivity contribution in [3.63, 3.8) is 0 Å². The molecular formula is C20H24N4O2S. The van der Waals surface area contributed by atoms with E-state index in [-0.39, 0.29) is 11.2 Å². The number of aromatic nitrogens is 4. The lowest BCUT2D eigenvalue weighted by Gasteiger charge is -2.08. The summed E-state index contributed by atoms with van der Waals surface area (Å²) in [5, 5.41) is 0.759. The minimum atomic E-state index is -0.364. The third-order valence-corrected chi connectivity index (χ3v) is 5.66. The molecule has 7 heteroatoms. The summed E-state index contributed by atoms with van der Waals surface area (Å²) in [5.74, 6) is 1.38. The maximum absolute atomic E-state index is 12.8. The van der Waals surface area contributed by atoms with Gasteiger partial charge in [0.15, 0.2) is 16.3 Å². The van der Waals surface area contributed by atoms with Crippen LogP contribution in [0.5, 0.6) is 0 Å². The fraction of sp³-hybridized carbons (Fsp3) is 0.350. The van der Waals surface area contributed by atoms with Crippen molar-refractivity contribution in [2.75, 3.05) is 5.75 Å². The predicted molar refractivity (Wildman–Crippen MR) is 111 cm³/mol. The van der Waals surface area contributed by atoms with Gasteiger partial charge in [-0.25, -0.2) is 9.78 Å². The van der Waals surface area contributed by atoms with Crippen LogP contribution in [0.25, 0.3) is 17.2 Å². The quantitative estimate of drug-likeness (QED) is 0.613. The van der Waals surface area contributed by atoms with Crippen LogP contribution in [0.3, 0.4) is 0 Å². The Morgan fingerprint density at radius 1 is 1.11 bits per heavy atom. The molecule has 0 bridgehead atoms. The number of benzene rings is 1. The zero-order chi connectivity index (χ0) is 19.6. The van der Waals surface area contributed by atoms with Gasteiger partial charge >= 0.3 is 5.69 Å². The van der Waals surface area contributed by atoms with Gasteiger partial charge in [0.05, 0.1) is 0 Å². The monoisotopic (exact) mass is 384 g/mol. The first-order valence-corrected chi connectivity index (χ1v) is 9.89. The highest BCUT2D eigenvalue weighted by atomic mass is 32.2. The Hall–Kier alpha value is -2.54. The van der Waals surface area contributed by atoms with Gasteiger partial charge in [-0.1, -0.05) is 68.1 Å². The van der Waals surface area contributed by atoms with E-state index in [1.165, 1.54) is 11.6 Å². The maximum atomic E-state index is 12.8. The van der Waals surface area contributed by atoms with Gasteiger partial charge in [0, 0.05) is 26.4 Å². The van der Waals surface area contributed by atoms with Crippen molar-refractivity contribution in [1.82, 2.24) is 18.7 Å². The molecule has 0 saturated heterocycles. The zero-order valence-electron chi connectivity index (χ0n) is 16.0. The predicted octanol–water partition coefficient (Wildman–Crippen LogP) is 2.90. The van der Waals surface area contributed by atoms with Gasteiger partial charge in [0.25, 0.3) is 5.56 Å². The molecule has 27 heavy (non-hydrogen) atoms. The van der Waals surface area contributed by atoms with E-state index in [9.17, 15) is 9.59 Å². The van der Waals surface area contributed by atoms with Gasteiger partial charge in [0.2, 0.25) is 0 Å². The first-order chi connectivity index (χ1) is 12.9. The minimum absolute atomic E-state index is 0.315. The lowest BCUT2D eigenvalue weighted by molar-refractivity contribution is 0.699. The van der Waals surface area contributed by atoms with E-state index in [0.29, 0.717) is 23.6 Å². The van der Waals surface area contributed by atoms with Crippen LogP contribution < -0.4 is 11.2 Å². The van der Waals surface area contributed by atoms with Crippen LogP contribution in [0.1, 0.15) is 19.4 Å². The molecule has 0 saturated carbocycles. The topological polar surface area (TPSA) is 61.8 Å². The number of hydrogen-bond acceptors (Lipinski definition) is 4.